The molecule has 26 heavy (non-hydrogen) atoms. The van der Waals surface area contributed by atoms with Gasteiger partial charge in [0, 0.05) is 17.5 Å². The van der Waals surface area contributed by atoms with E-state index in [0.717, 1.165) is 18.1 Å². The summed E-state index contributed by atoms with van der Waals surface area (Å²) in [5, 5.41) is 8.71. The van der Waals surface area contributed by atoms with Crippen LogP contribution in [0.1, 0.15) is 41.1 Å². The zero-order valence-electron chi connectivity index (χ0n) is 14.3. The highest BCUT2D eigenvalue weighted by molar-refractivity contribution is 5.91. The molecule has 1 aliphatic rings. The average Bonchev–Trinajstić information content (AvgIpc) is 2.68. The van der Waals surface area contributed by atoms with E-state index in [1.54, 1.807) is 30.3 Å². The van der Waals surface area contributed by atoms with Crippen LogP contribution in [0.5, 0.6) is 5.75 Å². The van der Waals surface area contributed by atoms with Crippen molar-refractivity contribution in [2.24, 2.45) is 5.92 Å². The number of hydrogen-bond acceptors (Lipinski definition) is 5. The van der Waals surface area contributed by atoms with Crippen LogP contribution in [-0.4, -0.2) is 19.2 Å². The average molecular weight is 355 g/mol. The minimum atomic E-state index is -0.731. The molecule has 1 heterocycles. The second-order valence-electron chi connectivity index (χ2n) is 6.04. The predicted molar refractivity (Wildman–Crippen MR) is 90.9 cm³/mol. The summed E-state index contributed by atoms with van der Waals surface area (Å²) < 4.78 is 30.1. The summed E-state index contributed by atoms with van der Waals surface area (Å²) in [6, 6.07) is 12.1. The van der Waals surface area contributed by atoms with Gasteiger partial charge in [0.1, 0.15) is 17.6 Å². The van der Waals surface area contributed by atoms with Gasteiger partial charge in [0.15, 0.2) is 6.29 Å². The monoisotopic (exact) mass is 355 g/mol. The van der Waals surface area contributed by atoms with Crippen LogP contribution in [-0.2, 0) is 9.47 Å². The van der Waals surface area contributed by atoms with Gasteiger partial charge < -0.3 is 14.2 Å². The molecule has 2 aromatic rings. The molecule has 2 aromatic carbocycles. The van der Waals surface area contributed by atoms with Gasteiger partial charge in [-0.15, -0.1) is 0 Å². The van der Waals surface area contributed by atoms with E-state index in [0.29, 0.717) is 24.7 Å². The van der Waals surface area contributed by atoms with E-state index in [9.17, 15) is 9.18 Å². The maximum atomic E-state index is 13.6. The van der Waals surface area contributed by atoms with Crippen molar-refractivity contribution in [1.82, 2.24) is 0 Å². The lowest BCUT2D eigenvalue weighted by Crippen LogP contribution is -2.26. The number of carbonyl (C=O) groups is 1. The summed E-state index contributed by atoms with van der Waals surface area (Å²) >= 11 is 0. The van der Waals surface area contributed by atoms with Crippen LogP contribution < -0.4 is 4.74 Å². The predicted octanol–water partition coefficient (Wildman–Crippen LogP) is 3.99. The van der Waals surface area contributed by atoms with Crippen molar-refractivity contribution in [2.45, 2.75) is 19.6 Å². The van der Waals surface area contributed by atoms with Crippen molar-refractivity contribution < 1.29 is 23.4 Å². The fraction of sp³-hybridized carbons (Fsp3) is 0.300. The number of carbonyl (C=O) groups excluding carboxylic acids is 1. The van der Waals surface area contributed by atoms with Crippen LogP contribution in [0.3, 0.4) is 0 Å². The summed E-state index contributed by atoms with van der Waals surface area (Å²) in [5.74, 6) is -0.893. The maximum absolute atomic E-state index is 13.6. The highest BCUT2D eigenvalue weighted by atomic mass is 19.1. The van der Waals surface area contributed by atoms with Crippen molar-refractivity contribution in [1.29, 1.82) is 5.26 Å². The zero-order valence-corrected chi connectivity index (χ0v) is 14.3. The molecule has 0 saturated carbocycles. The molecule has 0 aliphatic carbocycles. The van der Waals surface area contributed by atoms with Gasteiger partial charge in [0.25, 0.3) is 0 Å². The third-order valence-corrected chi connectivity index (χ3v) is 4.23. The lowest BCUT2D eigenvalue weighted by molar-refractivity contribution is -0.205. The normalized spacial score (nSPS) is 19.6. The number of benzene rings is 2. The molecule has 0 aromatic heterocycles. The lowest BCUT2D eigenvalue weighted by atomic mass is 10.1. The Morgan fingerprint density at radius 3 is 2.50 bits per heavy atom. The number of esters is 1. The molecular formula is C20H18FNO4. The molecule has 6 heteroatoms. The second-order valence-corrected chi connectivity index (χ2v) is 6.04. The van der Waals surface area contributed by atoms with Crippen LogP contribution in [0.4, 0.5) is 4.39 Å². The fourth-order valence-electron chi connectivity index (χ4n) is 2.56. The Morgan fingerprint density at radius 2 is 1.92 bits per heavy atom. The van der Waals surface area contributed by atoms with Crippen molar-refractivity contribution in [2.75, 3.05) is 13.2 Å². The molecule has 5 nitrogen and oxygen atoms in total. The first kappa shape index (κ1) is 18.1. The van der Waals surface area contributed by atoms with Gasteiger partial charge in [-0.25, -0.2) is 9.18 Å². The summed E-state index contributed by atoms with van der Waals surface area (Å²) in [4.78, 5) is 12.2. The van der Waals surface area contributed by atoms with Gasteiger partial charge in [0.2, 0.25) is 0 Å². The molecule has 1 fully saturated rings. The van der Waals surface area contributed by atoms with Crippen LogP contribution in [0, 0.1) is 23.1 Å². The van der Waals surface area contributed by atoms with E-state index in [1.807, 2.05) is 0 Å². The van der Waals surface area contributed by atoms with Gasteiger partial charge in [-0.05, 0) is 30.7 Å². The Bertz CT molecular complexity index is 821. The maximum Gasteiger partial charge on any atom is 0.343 e. The molecule has 0 unspecified atom stereocenters. The molecular weight excluding hydrogens is 337 g/mol. The lowest BCUT2D eigenvalue weighted by Gasteiger charge is -2.29. The number of hydrogen-bond donors (Lipinski definition) is 0. The number of ether oxygens (including phenoxy) is 3. The van der Waals surface area contributed by atoms with Crippen LogP contribution in [0.2, 0.25) is 0 Å². The molecule has 3 rings (SSSR count). The SMILES string of the molecule is CCC1COC(c2ccc(C(=O)Oc3ccc(C#N)c(F)c3)cc2)OC1. The third-order valence-electron chi connectivity index (χ3n) is 4.23. The summed E-state index contributed by atoms with van der Waals surface area (Å²) in [6.45, 7) is 3.39. The van der Waals surface area contributed by atoms with Crippen molar-refractivity contribution >= 4 is 5.97 Å². The van der Waals surface area contributed by atoms with Gasteiger partial charge in [-0.2, -0.15) is 5.26 Å². The van der Waals surface area contributed by atoms with Gasteiger partial charge in [-0.3, -0.25) is 0 Å². The van der Waals surface area contributed by atoms with Gasteiger partial charge >= 0.3 is 5.97 Å². The highest BCUT2D eigenvalue weighted by Gasteiger charge is 2.22. The van der Waals surface area contributed by atoms with Crippen molar-refractivity contribution in [3.05, 3.63) is 65.0 Å². The van der Waals surface area contributed by atoms with Gasteiger partial charge in [-0.1, -0.05) is 19.1 Å². The van der Waals surface area contributed by atoms with Crippen LogP contribution in [0.15, 0.2) is 42.5 Å². The van der Waals surface area contributed by atoms with E-state index >= 15 is 0 Å². The van der Waals surface area contributed by atoms with E-state index in [4.69, 9.17) is 19.5 Å². The molecule has 0 bridgehead atoms. The standard InChI is InChI=1S/C20H18FNO4/c1-2-13-11-24-20(25-12-13)15-5-3-14(4-6-15)19(23)26-17-8-7-16(10-22)18(21)9-17/h3-9,13,20H,2,11-12H2,1H3. The van der Waals surface area contributed by atoms with Crippen molar-refractivity contribution in [3.63, 3.8) is 0 Å². The molecule has 1 saturated heterocycles. The quantitative estimate of drug-likeness (QED) is 0.613. The molecule has 0 radical (unpaired) electrons. The Morgan fingerprint density at radius 1 is 1.23 bits per heavy atom. The number of rotatable bonds is 4. The van der Waals surface area contributed by atoms with Crippen LogP contribution >= 0.6 is 0 Å². The third kappa shape index (κ3) is 4.07. The number of halogens is 1. The second kappa shape index (κ2) is 8.09. The minimum absolute atomic E-state index is 0.0418. The zero-order chi connectivity index (χ0) is 18.5. The van der Waals surface area contributed by atoms with E-state index in [1.165, 1.54) is 12.1 Å². The Labute approximate surface area is 150 Å². The van der Waals surface area contributed by atoms with E-state index in [2.05, 4.69) is 6.92 Å². The smallest absolute Gasteiger partial charge is 0.343 e. The summed E-state index contributed by atoms with van der Waals surface area (Å²) in [7, 11) is 0. The molecule has 134 valence electrons. The van der Waals surface area contributed by atoms with Crippen molar-refractivity contribution in [3.8, 4) is 11.8 Å². The molecule has 0 atom stereocenters. The Hall–Kier alpha value is -2.75. The fourth-order valence-corrected chi connectivity index (χ4v) is 2.56. The first-order chi connectivity index (χ1) is 12.6. The van der Waals surface area contributed by atoms with E-state index in [-0.39, 0.29) is 11.3 Å². The number of nitrogens with zero attached hydrogens (tertiary/aromatic N) is 1. The molecule has 0 amide bonds. The number of nitriles is 1. The molecule has 0 N–H and O–H groups in total. The topological polar surface area (TPSA) is 68.5 Å². The van der Waals surface area contributed by atoms with Gasteiger partial charge in [0.05, 0.1) is 24.3 Å². The first-order valence-corrected chi connectivity index (χ1v) is 8.35. The van der Waals surface area contributed by atoms with Crippen LogP contribution in [0.25, 0.3) is 0 Å². The summed E-state index contributed by atoms with van der Waals surface area (Å²) in [5.41, 5.74) is 1.04. The van der Waals surface area contributed by atoms with E-state index < -0.39 is 18.1 Å². The minimum Gasteiger partial charge on any atom is -0.423 e. The molecule has 0 spiro atoms. The Balaban J connectivity index is 1.64. The first-order valence-electron chi connectivity index (χ1n) is 8.35. The highest BCUT2D eigenvalue weighted by Crippen LogP contribution is 2.26. The largest absolute Gasteiger partial charge is 0.423 e. The summed E-state index contributed by atoms with van der Waals surface area (Å²) in [6.07, 6.45) is 0.573. The Kier molecular flexibility index (Phi) is 5.61. The molecule has 1 aliphatic heterocycles.